The Bertz CT molecular complexity index is 1880. The van der Waals surface area contributed by atoms with Crippen LogP contribution in [0, 0.1) is 11.8 Å². The van der Waals surface area contributed by atoms with E-state index in [1.807, 2.05) is 49.9 Å². The number of amides is 4. The summed E-state index contributed by atoms with van der Waals surface area (Å²) in [6.45, 7) is 8.91. The second kappa shape index (κ2) is 15.3. The van der Waals surface area contributed by atoms with E-state index in [2.05, 4.69) is 44.9 Å². The first-order chi connectivity index (χ1) is 26.4. The van der Waals surface area contributed by atoms with Gasteiger partial charge in [-0.05, 0) is 86.2 Å². The Hall–Kier alpha value is -4.88. The monoisotopic (exact) mass is 756 g/mol. The third-order valence-electron chi connectivity index (χ3n) is 12.9. The van der Waals surface area contributed by atoms with Crippen LogP contribution in [0.25, 0.3) is 11.3 Å². The molecule has 4 aliphatic rings. The van der Waals surface area contributed by atoms with E-state index in [-0.39, 0.29) is 46.6 Å². The van der Waals surface area contributed by atoms with E-state index in [1.165, 1.54) is 19.8 Å². The van der Waals surface area contributed by atoms with Gasteiger partial charge in [-0.2, -0.15) is 0 Å². The minimum absolute atomic E-state index is 0.0219. The predicted octanol–water partition coefficient (Wildman–Crippen LogP) is 6.04. The zero-order chi connectivity index (χ0) is 39.1. The first kappa shape index (κ1) is 38.4. The summed E-state index contributed by atoms with van der Waals surface area (Å²) in [7, 11) is 2.61. The molecule has 7 rings (SSSR count). The first-order valence-electron chi connectivity index (χ1n) is 19.9. The van der Waals surface area contributed by atoms with Crippen LogP contribution < -0.4 is 10.6 Å². The number of aromatic nitrogens is 4. The van der Waals surface area contributed by atoms with Gasteiger partial charge in [-0.1, -0.05) is 52.0 Å². The van der Waals surface area contributed by atoms with Crippen LogP contribution in [-0.4, -0.2) is 93.1 Å². The molecule has 1 aromatic carbocycles. The highest BCUT2D eigenvalue weighted by Crippen LogP contribution is 2.62. The van der Waals surface area contributed by atoms with Gasteiger partial charge in [0, 0.05) is 30.4 Å². The van der Waals surface area contributed by atoms with Crippen LogP contribution in [0.3, 0.4) is 0 Å². The number of alkyl carbamates (subject to hydrolysis) is 2. The quantitative estimate of drug-likeness (QED) is 0.183. The third-order valence-corrected chi connectivity index (χ3v) is 12.9. The summed E-state index contributed by atoms with van der Waals surface area (Å²) in [5, 5.41) is 5.45. The Labute approximate surface area is 322 Å². The van der Waals surface area contributed by atoms with Crippen molar-refractivity contribution in [1.82, 2.24) is 40.4 Å². The highest BCUT2D eigenvalue weighted by molar-refractivity contribution is 5.87. The lowest BCUT2D eigenvalue weighted by Crippen LogP contribution is -2.51. The number of aromatic amines is 2. The molecule has 0 radical (unpaired) electrons. The largest absolute Gasteiger partial charge is 0.453 e. The minimum atomic E-state index is -0.677. The number of carbonyl (C=O) groups excluding carboxylic acids is 4. The fourth-order valence-corrected chi connectivity index (χ4v) is 9.78. The third kappa shape index (κ3) is 7.19. The van der Waals surface area contributed by atoms with Crippen LogP contribution in [0.15, 0.2) is 36.7 Å². The zero-order valence-electron chi connectivity index (χ0n) is 32.9. The molecule has 3 aromatic rings. The summed E-state index contributed by atoms with van der Waals surface area (Å²) in [6, 6.07) is 7.19. The molecule has 296 valence electrons. The molecule has 2 aliphatic carbocycles. The molecule has 4 amide bonds. The van der Waals surface area contributed by atoms with Crippen molar-refractivity contribution in [3.63, 3.8) is 0 Å². The molecule has 4 fully saturated rings. The van der Waals surface area contributed by atoms with Crippen LogP contribution in [0.1, 0.15) is 120 Å². The normalized spacial score (nSPS) is 25.7. The standard InChI is InChI=1S/C41H56N8O6/c1-24(2)32(46-38(52)54-5)36(50)48-19-7-9-29(48)34-42-21-28(44-34)26-11-13-27(14-12-26)40-15-17-41(23-40,18-16-40)31-22-43-35(45-31)30-10-8-20-49(30)37(51)33(25(3)4)47-39(53)55-6/h11-14,21-22,24-25,29-30,32-33H,7-10,15-20,23H2,1-6H3,(H,42,44)(H,43,45)(H,46,52)(H,47,53). The average molecular weight is 757 g/mol. The molecule has 2 aliphatic heterocycles. The molecule has 2 aromatic heterocycles. The number of hydrogen-bond donors (Lipinski definition) is 4. The number of rotatable bonds is 11. The van der Waals surface area contributed by atoms with E-state index < -0.39 is 24.3 Å². The van der Waals surface area contributed by atoms with E-state index in [1.54, 1.807) is 0 Å². The number of likely N-dealkylation sites (tertiary alicyclic amines) is 2. The van der Waals surface area contributed by atoms with E-state index in [0.29, 0.717) is 13.1 Å². The number of ether oxygens (including phenoxy) is 2. The van der Waals surface area contributed by atoms with Crippen molar-refractivity contribution in [3.05, 3.63) is 59.6 Å². The molecule has 14 nitrogen and oxygen atoms in total. The van der Waals surface area contributed by atoms with Gasteiger partial charge in [0.2, 0.25) is 11.8 Å². The van der Waals surface area contributed by atoms with Gasteiger partial charge in [0.15, 0.2) is 0 Å². The smallest absolute Gasteiger partial charge is 0.407 e. The number of carbonyl (C=O) groups is 4. The Morgan fingerprint density at radius 1 is 0.727 bits per heavy atom. The second-order valence-electron chi connectivity index (χ2n) is 16.8. The van der Waals surface area contributed by atoms with Gasteiger partial charge in [-0.3, -0.25) is 9.59 Å². The van der Waals surface area contributed by atoms with Crippen molar-refractivity contribution >= 4 is 24.0 Å². The van der Waals surface area contributed by atoms with Gasteiger partial charge in [0.05, 0.1) is 38.2 Å². The Morgan fingerprint density at radius 3 is 1.73 bits per heavy atom. The maximum Gasteiger partial charge on any atom is 0.407 e. The van der Waals surface area contributed by atoms with Gasteiger partial charge in [-0.15, -0.1) is 0 Å². The number of nitrogens with one attached hydrogen (secondary N) is 4. The summed E-state index contributed by atoms with van der Waals surface area (Å²) in [6.07, 6.45) is 11.4. The Balaban J connectivity index is 1.02. The predicted molar refractivity (Wildman–Crippen MR) is 205 cm³/mol. The molecule has 2 saturated heterocycles. The summed E-state index contributed by atoms with van der Waals surface area (Å²) >= 11 is 0. The van der Waals surface area contributed by atoms with Gasteiger partial charge >= 0.3 is 12.2 Å². The van der Waals surface area contributed by atoms with E-state index in [9.17, 15) is 19.2 Å². The molecule has 0 spiro atoms. The second-order valence-corrected chi connectivity index (χ2v) is 16.8. The lowest BCUT2D eigenvalue weighted by molar-refractivity contribution is -0.136. The van der Waals surface area contributed by atoms with Gasteiger partial charge in [-0.25, -0.2) is 19.6 Å². The molecule has 2 bridgehead atoms. The van der Waals surface area contributed by atoms with E-state index >= 15 is 0 Å². The first-order valence-corrected chi connectivity index (χ1v) is 19.9. The topological polar surface area (TPSA) is 175 Å². The number of fused-ring (bicyclic) bond motifs is 2. The highest BCUT2D eigenvalue weighted by Gasteiger charge is 2.56. The lowest BCUT2D eigenvalue weighted by atomic mass is 9.77. The SMILES string of the molecule is COC(=O)NC(C(=O)N1CCCC1c1ncc(-c2ccc(C34CCC(c5cnc(C6CCCN6C(=O)C(NC(=O)OC)C(C)C)[nH]5)(CC3)C4)cc2)[nH]1)C(C)C. The molecule has 4 N–H and O–H groups in total. The van der Waals surface area contributed by atoms with E-state index in [4.69, 9.17) is 19.4 Å². The van der Waals surface area contributed by atoms with Crippen molar-refractivity contribution in [2.45, 2.75) is 120 Å². The molecule has 4 heterocycles. The Morgan fingerprint density at radius 2 is 1.22 bits per heavy atom. The molecule has 2 saturated carbocycles. The van der Waals surface area contributed by atoms with Crippen molar-refractivity contribution in [3.8, 4) is 11.3 Å². The van der Waals surface area contributed by atoms with Crippen LogP contribution in [-0.2, 0) is 29.9 Å². The number of methoxy groups -OCH3 is 2. The lowest BCUT2D eigenvalue weighted by Gasteiger charge is -2.30. The molecule has 14 heteroatoms. The van der Waals surface area contributed by atoms with Gasteiger partial charge in [0.25, 0.3) is 0 Å². The van der Waals surface area contributed by atoms with Gasteiger partial charge < -0.3 is 39.9 Å². The minimum Gasteiger partial charge on any atom is -0.453 e. The number of nitrogens with zero attached hydrogens (tertiary/aromatic N) is 4. The maximum absolute atomic E-state index is 13.7. The molecule has 4 atom stereocenters. The summed E-state index contributed by atoms with van der Waals surface area (Å²) < 4.78 is 9.57. The molecular formula is C41H56N8O6. The highest BCUT2D eigenvalue weighted by atomic mass is 16.5. The number of benzene rings is 1. The van der Waals surface area contributed by atoms with Crippen LogP contribution in [0.5, 0.6) is 0 Å². The average Bonchev–Trinajstić information content (AvgIpc) is 4.04. The summed E-state index contributed by atoms with van der Waals surface area (Å²) in [5.41, 5.74) is 4.58. The van der Waals surface area contributed by atoms with Crippen LogP contribution in [0.4, 0.5) is 9.59 Å². The maximum atomic E-state index is 13.7. The fourth-order valence-electron chi connectivity index (χ4n) is 9.78. The summed E-state index contributed by atoms with van der Waals surface area (Å²) in [4.78, 5) is 71.8. The Kier molecular flexibility index (Phi) is 10.7. The zero-order valence-corrected chi connectivity index (χ0v) is 32.9. The van der Waals surface area contributed by atoms with Crippen molar-refractivity contribution in [2.24, 2.45) is 11.8 Å². The number of H-pyrrole nitrogens is 2. The number of hydrogen-bond acceptors (Lipinski definition) is 8. The van der Waals surface area contributed by atoms with Gasteiger partial charge in [0.1, 0.15) is 23.7 Å². The van der Waals surface area contributed by atoms with Crippen molar-refractivity contribution in [1.29, 1.82) is 0 Å². The van der Waals surface area contributed by atoms with E-state index in [0.717, 1.165) is 86.4 Å². The fraction of sp³-hybridized carbons (Fsp3) is 0.610. The summed E-state index contributed by atoms with van der Waals surface area (Å²) in [5.74, 6) is 1.17. The van der Waals surface area contributed by atoms with Crippen molar-refractivity contribution in [2.75, 3.05) is 27.3 Å². The molecule has 55 heavy (non-hydrogen) atoms. The molecular weight excluding hydrogens is 701 g/mol. The van der Waals surface area contributed by atoms with Crippen LogP contribution in [0.2, 0.25) is 0 Å². The van der Waals surface area contributed by atoms with Crippen LogP contribution >= 0.6 is 0 Å². The molecule has 4 unspecified atom stereocenters. The number of imidazole rings is 2. The van der Waals surface area contributed by atoms with Crippen molar-refractivity contribution < 1.29 is 28.7 Å².